The number of ether oxygens (including phenoxy) is 3. The van der Waals surface area contributed by atoms with E-state index >= 15 is 0 Å². The minimum Gasteiger partial charge on any atom is -0.497 e. The number of hydrogen-bond acceptors (Lipinski definition) is 5. The van der Waals surface area contributed by atoms with Gasteiger partial charge >= 0.3 is 5.97 Å². The van der Waals surface area contributed by atoms with Crippen LogP contribution in [0.25, 0.3) is 0 Å². The molecule has 0 heterocycles. The number of amides is 1. The first-order chi connectivity index (χ1) is 13.6. The summed E-state index contributed by atoms with van der Waals surface area (Å²) in [4.78, 5) is 24.5. The van der Waals surface area contributed by atoms with Gasteiger partial charge in [-0.1, -0.05) is 32.4 Å². The number of hydrogen-bond donors (Lipinski definition) is 1. The lowest BCUT2D eigenvalue weighted by molar-refractivity contribution is -0.144. The fraction of sp³-hybridized carbons (Fsp3) is 0.364. The lowest BCUT2D eigenvalue weighted by Gasteiger charge is -2.25. The van der Waals surface area contributed by atoms with Crippen LogP contribution in [-0.4, -0.2) is 26.1 Å². The molecule has 2 aromatic carbocycles. The van der Waals surface area contributed by atoms with Crippen molar-refractivity contribution >= 4 is 29.2 Å². The quantitative estimate of drug-likeness (QED) is 0.667. The molecule has 1 amide bonds. The summed E-state index contributed by atoms with van der Waals surface area (Å²) in [6.07, 6.45) is -0.845. The van der Waals surface area contributed by atoms with Crippen molar-refractivity contribution in [3.8, 4) is 11.5 Å². The maximum absolute atomic E-state index is 12.6. The normalized spacial score (nSPS) is 12.1. The monoisotopic (exact) mass is 419 g/mol. The molecule has 6 nitrogen and oxygen atoms in total. The maximum Gasteiger partial charge on any atom is 0.303 e. The Morgan fingerprint density at radius 1 is 1.00 bits per heavy atom. The molecular weight excluding hydrogens is 394 g/mol. The van der Waals surface area contributed by atoms with Crippen LogP contribution in [0.15, 0.2) is 36.4 Å². The van der Waals surface area contributed by atoms with Crippen molar-refractivity contribution in [2.75, 3.05) is 19.5 Å². The first-order valence-electron chi connectivity index (χ1n) is 9.07. The fourth-order valence-electron chi connectivity index (χ4n) is 2.67. The predicted molar refractivity (Wildman–Crippen MR) is 113 cm³/mol. The van der Waals surface area contributed by atoms with Crippen molar-refractivity contribution in [2.45, 2.75) is 33.8 Å². The first-order valence-corrected chi connectivity index (χ1v) is 9.44. The van der Waals surface area contributed by atoms with E-state index in [2.05, 4.69) is 5.32 Å². The van der Waals surface area contributed by atoms with Crippen LogP contribution >= 0.6 is 11.6 Å². The molecule has 0 aliphatic carbocycles. The van der Waals surface area contributed by atoms with Gasteiger partial charge in [-0.05, 0) is 30.3 Å². The van der Waals surface area contributed by atoms with Gasteiger partial charge in [0.1, 0.15) is 11.5 Å². The summed E-state index contributed by atoms with van der Waals surface area (Å²) in [7, 11) is 3.07. The van der Waals surface area contributed by atoms with E-state index in [0.29, 0.717) is 33.3 Å². The van der Waals surface area contributed by atoms with Gasteiger partial charge in [0.25, 0.3) is 0 Å². The number of benzene rings is 2. The van der Waals surface area contributed by atoms with Crippen molar-refractivity contribution in [1.82, 2.24) is 0 Å². The van der Waals surface area contributed by atoms with Gasteiger partial charge in [-0.15, -0.1) is 0 Å². The predicted octanol–water partition coefficient (Wildman–Crippen LogP) is 4.99. The van der Waals surface area contributed by atoms with Crippen LogP contribution in [-0.2, 0) is 14.3 Å². The Morgan fingerprint density at radius 2 is 1.69 bits per heavy atom. The van der Waals surface area contributed by atoms with Crippen LogP contribution in [0.2, 0.25) is 5.02 Å². The molecular formula is C22H26ClNO5. The summed E-state index contributed by atoms with van der Waals surface area (Å²) in [5.74, 6) is 0.411. The average molecular weight is 420 g/mol. The Morgan fingerprint density at radius 3 is 2.24 bits per heavy atom. The van der Waals surface area contributed by atoms with Gasteiger partial charge in [-0.25, -0.2) is 0 Å². The molecule has 1 atom stereocenters. The van der Waals surface area contributed by atoms with Crippen molar-refractivity contribution in [1.29, 1.82) is 0 Å². The molecule has 0 fully saturated rings. The van der Waals surface area contributed by atoms with Crippen molar-refractivity contribution in [2.24, 2.45) is 5.41 Å². The molecule has 156 valence electrons. The molecule has 2 rings (SSSR count). The molecule has 1 unspecified atom stereocenters. The van der Waals surface area contributed by atoms with Crippen LogP contribution in [0, 0.1) is 5.41 Å². The Kier molecular flexibility index (Phi) is 7.14. The molecule has 0 radical (unpaired) electrons. The fourth-order valence-corrected chi connectivity index (χ4v) is 2.85. The zero-order chi connectivity index (χ0) is 21.8. The van der Waals surface area contributed by atoms with Gasteiger partial charge in [0, 0.05) is 40.2 Å². The molecule has 0 bridgehead atoms. The topological polar surface area (TPSA) is 73.9 Å². The highest BCUT2D eigenvalue weighted by Crippen LogP contribution is 2.39. The van der Waals surface area contributed by atoms with E-state index in [-0.39, 0.29) is 5.91 Å². The van der Waals surface area contributed by atoms with Crippen molar-refractivity contribution in [3.63, 3.8) is 0 Å². The average Bonchev–Trinajstić information content (AvgIpc) is 2.66. The summed E-state index contributed by atoms with van der Waals surface area (Å²) < 4.78 is 16.4. The first kappa shape index (κ1) is 22.6. The number of nitrogens with one attached hydrogen (secondary N) is 1. The molecule has 0 saturated carbocycles. The van der Waals surface area contributed by atoms with E-state index in [0.717, 1.165) is 0 Å². The summed E-state index contributed by atoms with van der Waals surface area (Å²) in [6, 6.07) is 10.2. The standard InChI is InChI=1S/C22H26ClNO5/c1-13(25)29-20(16-9-8-15(27-5)12-19(16)28-6)17-11-14(23)7-10-18(17)24-21(26)22(2,3)4/h7-12,20H,1-6H3,(H,24,26). The van der Waals surface area contributed by atoms with Crippen LogP contribution in [0.1, 0.15) is 44.9 Å². The van der Waals surface area contributed by atoms with E-state index < -0.39 is 17.5 Å². The molecule has 7 heteroatoms. The van der Waals surface area contributed by atoms with Gasteiger partial charge in [-0.3, -0.25) is 9.59 Å². The molecule has 0 aliphatic heterocycles. The summed E-state index contributed by atoms with van der Waals surface area (Å²) in [5, 5.41) is 3.35. The number of esters is 1. The number of carbonyl (C=O) groups is 2. The zero-order valence-electron chi connectivity index (χ0n) is 17.5. The lowest BCUT2D eigenvalue weighted by Crippen LogP contribution is -2.28. The van der Waals surface area contributed by atoms with Gasteiger partial charge < -0.3 is 19.5 Å². The maximum atomic E-state index is 12.6. The van der Waals surface area contributed by atoms with E-state index in [4.69, 9.17) is 25.8 Å². The third kappa shape index (κ3) is 5.64. The van der Waals surface area contributed by atoms with Crippen LogP contribution in [0.5, 0.6) is 11.5 Å². The van der Waals surface area contributed by atoms with Gasteiger partial charge in [0.05, 0.1) is 14.2 Å². The second kappa shape index (κ2) is 9.18. The molecule has 0 aromatic heterocycles. The van der Waals surface area contributed by atoms with Crippen molar-refractivity contribution in [3.05, 3.63) is 52.5 Å². The van der Waals surface area contributed by atoms with E-state index in [1.54, 1.807) is 43.5 Å². The van der Waals surface area contributed by atoms with E-state index in [9.17, 15) is 9.59 Å². The van der Waals surface area contributed by atoms with Gasteiger partial charge in [0.15, 0.2) is 6.10 Å². The minimum atomic E-state index is -0.845. The van der Waals surface area contributed by atoms with Gasteiger partial charge in [-0.2, -0.15) is 0 Å². The SMILES string of the molecule is COc1ccc(C(OC(C)=O)c2cc(Cl)ccc2NC(=O)C(C)(C)C)c(OC)c1. The zero-order valence-corrected chi connectivity index (χ0v) is 18.2. The summed E-state index contributed by atoms with van der Waals surface area (Å²) in [6.45, 7) is 6.76. The molecule has 29 heavy (non-hydrogen) atoms. The number of rotatable bonds is 6. The highest BCUT2D eigenvalue weighted by molar-refractivity contribution is 6.30. The Hall–Kier alpha value is -2.73. The Bertz CT molecular complexity index is 905. The Balaban J connectivity index is 2.63. The lowest BCUT2D eigenvalue weighted by atomic mass is 9.94. The summed E-state index contributed by atoms with van der Waals surface area (Å²) >= 11 is 6.23. The van der Waals surface area contributed by atoms with Crippen LogP contribution < -0.4 is 14.8 Å². The summed E-state index contributed by atoms with van der Waals surface area (Å²) in [5.41, 5.74) is 1.02. The number of halogens is 1. The number of carbonyl (C=O) groups excluding carboxylic acids is 2. The molecule has 2 aromatic rings. The Labute approximate surface area is 176 Å². The largest absolute Gasteiger partial charge is 0.497 e. The number of methoxy groups -OCH3 is 2. The van der Waals surface area contributed by atoms with E-state index in [1.165, 1.54) is 14.0 Å². The minimum absolute atomic E-state index is 0.177. The van der Waals surface area contributed by atoms with Crippen molar-refractivity contribution < 1.29 is 23.8 Å². The van der Waals surface area contributed by atoms with Crippen LogP contribution in [0.3, 0.4) is 0 Å². The molecule has 1 N–H and O–H groups in total. The second-order valence-electron chi connectivity index (χ2n) is 7.53. The molecule has 0 saturated heterocycles. The highest BCUT2D eigenvalue weighted by atomic mass is 35.5. The number of anilines is 1. The molecule has 0 spiro atoms. The second-order valence-corrected chi connectivity index (χ2v) is 7.97. The third-order valence-electron chi connectivity index (χ3n) is 4.23. The van der Waals surface area contributed by atoms with Crippen LogP contribution in [0.4, 0.5) is 5.69 Å². The van der Waals surface area contributed by atoms with E-state index in [1.807, 2.05) is 20.8 Å². The molecule has 0 aliphatic rings. The van der Waals surface area contributed by atoms with Gasteiger partial charge in [0.2, 0.25) is 5.91 Å². The third-order valence-corrected chi connectivity index (χ3v) is 4.47. The highest BCUT2D eigenvalue weighted by Gasteiger charge is 2.28. The smallest absolute Gasteiger partial charge is 0.303 e.